The molecular formula is C33H46ClFN4O4S. The van der Waals surface area contributed by atoms with E-state index in [0.717, 1.165) is 24.8 Å². The number of likely N-dealkylation sites (N-methyl/N-ethyl adjacent to an activating group) is 1. The Balaban J connectivity index is 1.35. The summed E-state index contributed by atoms with van der Waals surface area (Å²) in [6.07, 6.45) is 3.86. The summed E-state index contributed by atoms with van der Waals surface area (Å²) in [5.41, 5.74) is 8.43. The second-order valence-corrected chi connectivity index (χ2v) is 15.6. The number of hydrogen-bond donors (Lipinski definition) is 2. The highest BCUT2D eigenvalue weighted by atomic mass is 35.5. The summed E-state index contributed by atoms with van der Waals surface area (Å²) in [5.74, 6) is -0.508. The molecule has 242 valence electrons. The van der Waals surface area contributed by atoms with Crippen LogP contribution in [0.4, 0.5) is 10.1 Å². The number of nitrogens with two attached hydrogens (primary N) is 1. The molecular weight excluding hydrogens is 603 g/mol. The monoisotopic (exact) mass is 648 g/mol. The van der Waals surface area contributed by atoms with E-state index in [1.165, 1.54) is 6.07 Å². The summed E-state index contributed by atoms with van der Waals surface area (Å²) < 4.78 is 49.0. The number of rotatable bonds is 9. The average molecular weight is 649 g/mol. The second-order valence-electron chi connectivity index (χ2n) is 13.1. The molecule has 0 spiro atoms. The first kappa shape index (κ1) is 33.3. The fourth-order valence-corrected chi connectivity index (χ4v) is 9.22. The molecule has 7 atom stereocenters. The molecule has 3 heterocycles. The number of halogens is 2. The van der Waals surface area contributed by atoms with E-state index in [-0.39, 0.29) is 48.1 Å². The molecule has 0 aromatic heterocycles. The van der Waals surface area contributed by atoms with Crippen molar-refractivity contribution in [2.24, 2.45) is 17.6 Å². The normalized spacial score (nSPS) is 28.7. The first-order valence-corrected chi connectivity index (χ1v) is 17.8. The molecule has 0 aliphatic carbocycles. The lowest BCUT2D eigenvalue weighted by atomic mass is 9.74. The highest BCUT2D eigenvalue weighted by molar-refractivity contribution is 7.89. The fourth-order valence-electron chi connectivity index (χ4n) is 7.30. The van der Waals surface area contributed by atoms with Crippen LogP contribution in [0.25, 0.3) is 0 Å². The van der Waals surface area contributed by atoms with Crippen molar-refractivity contribution in [3.8, 4) is 0 Å². The first-order valence-electron chi connectivity index (χ1n) is 15.8. The van der Waals surface area contributed by atoms with Gasteiger partial charge in [0.15, 0.2) is 0 Å². The SMILES string of the molecule is CC(C)C1CC(C(c2ccc(Cl)cc2)C(N)C(=O)Nc2cccc(F)c2CCC2CN(C)C3CCCS(=O)(=O)N2C3)CCO1. The van der Waals surface area contributed by atoms with Gasteiger partial charge < -0.3 is 20.7 Å². The highest BCUT2D eigenvalue weighted by Gasteiger charge is 2.41. The zero-order valence-electron chi connectivity index (χ0n) is 25.9. The molecule has 3 fully saturated rings. The number of carbonyl (C=O) groups is 1. The van der Waals surface area contributed by atoms with E-state index >= 15 is 4.39 Å². The van der Waals surface area contributed by atoms with E-state index in [0.29, 0.717) is 54.7 Å². The van der Waals surface area contributed by atoms with E-state index in [9.17, 15) is 13.2 Å². The van der Waals surface area contributed by atoms with Crippen molar-refractivity contribution in [1.29, 1.82) is 0 Å². The third-order valence-electron chi connectivity index (χ3n) is 9.87. The minimum absolute atomic E-state index is 0.0794. The van der Waals surface area contributed by atoms with Crippen molar-refractivity contribution in [2.45, 2.75) is 82.5 Å². The van der Waals surface area contributed by atoms with Crippen molar-refractivity contribution < 1.29 is 22.3 Å². The van der Waals surface area contributed by atoms with Crippen LogP contribution in [0.15, 0.2) is 42.5 Å². The molecule has 2 aromatic carbocycles. The molecule has 44 heavy (non-hydrogen) atoms. The average Bonchev–Trinajstić information content (AvgIpc) is 3.12. The van der Waals surface area contributed by atoms with Gasteiger partial charge in [0.25, 0.3) is 0 Å². The quantitative estimate of drug-likeness (QED) is 0.396. The van der Waals surface area contributed by atoms with Gasteiger partial charge in [0.2, 0.25) is 15.9 Å². The predicted octanol–water partition coefficient (Wildman–Crippen LogP) is 5.02. The number of anilines is 1. The Kier molecular flexibility index (Phi) is 10.7. The summed E-state index contributed by atoms with van der Waals surface area (Å²) in [6.45, 7) is 5.93. The fraction of sp³-hybridized carbons (Fsp3) is 0.606. The zero-order chi connectivity index (χ0) is 31.6. The van der Waals surface area contributed by atoms with Crippen LogP contribution in [0.2, 0.25) is 5.02 Å². The Morgan fingerprint density at radius 3 is 2.64 bits per heavy atom. The minimum atomic E-state index is -3.37. The molecule has 5 rings (SSSR count). The minimum Gasteiger partial charge on any atom is -0.378 e. The van der Waals surface area contributed by atoms with Crippen LogP contribution in [0.5, 0.6) is 0 Å². The predicted molar refractivity (Wildman–Crippen MR) is 173 cm³/mol. The highest BCUT2D eigenvalue weighted by Crippen LogP contribution is 2.39. The maximum Gasteiger partial charge on any atom is 0.241 e. The molecule has 1 amide bonds. The van der Waals surface area contributed by atoms with Gasteiger partial charge in [0, 0.05) is 54.0 Å². The Labute approximate surface area is 266 Å². The lowest BCUT2D eigenvalue weighted by Crippen LogP contribution is -2.57. The van der Waals surface area contributed by atoms with Crippen LogP contribution in [0.1, 0.15) is 63.0 Å². The molecule has 0 saturated carbocycles. The molecule has 3 aliphatic rings. The topological polar surface area (TPSA) is 105 Å². The number of carbonyl (C=O) groups excluding carboxylic acids is 1. The standard InChI is InChI=1S/C33H46ClFN4O4S/c1-21(2)30-18-23(15-16-43-30)31(22-9-11-24(34)12-10-22)32(36)33(40)37-29-8-4-7-28(35)27(29)14-13-26-19-38(3)25-6-5-17-44(41,42)39(26)20-25/h4,7-12,21,23,25-26,30-32H,5-6,13-20,36H2,1-3H3,(H,37,40). The van der Waals surface area contributed by atoms with Crippen LogP contribution in [0.3, 0.4) is 0 Å². The number of benzene rings is 2. The molecule has 3 N–H and O–H groups in total. The lowest BCUT2D eigenvalue weighted by molar-refractivity contribution is -0.118. The lowest BCUT2D eigenvalue weighted by Gasteiger charge is -2.42. The van der Waals surface area contributed by atoms with Crippen molar-refractivity contribution >= 4 is 33.2 Å². The van der Waals surface area contributed by atoms with Gasteiger partial charge in [-0.15, -0.1) is 0 Å². The van der Waals surface area contributed by atoms with E-state index in [1.54, 1.807) is 16.4 Å². The molecule has 0 radical (unpaired) electrons. The summed E-state index contributed by atoms with van der Waals surface area (Å²) in [5, 5.41) is 3.55. The van der Waals surface area contributed by atoms with Crippen molar-refractivity contribution in [3.05, 3.63) is 64.4 Å². The van der Waals surface area contributed by atoms with Gasteiger partial charge in [-0.25, -0.2) is 12.8 Å². The third kappa shape index (κ3) is 7.48. The molecule has 2 bridgehead atoms. The Morgan fingerprint density at radius 2 is 1.91 bits per heavy atom. The van der Waals surface area contributed by atoms with Crippen LogP contribution in [-0.2, 0) is 26.0 Å². The number of fused-ring (bicyclic) bond motifs is 2. The molecule has 2 aromatic rings. The first-order chi connectivity index (χ1) is 20.9. The summed E-state index contributed by atoms with van der Waals surface area (Å²) in [6, 6.07) is 11.2. The Morgan fingerprint density at radius 1 is 1.16 bits per heavy atom. The Hall–Kier alpha value is -2.08. The van der Waals surface area contributed by atoms with Gasteiger partial charge in [-0.3, -0.25) is 4.79 Å². The molecule has 11 heteroatoms. The van der Waals surface area contributed by atoms with Gasteiger partial charge >= 0.3 is 0 Å². The van der Waals surface area contributed by atoms with Gasteiger partial charge in [-0.05, 0) is 87.2 Å². The third-order valence-corrected chi connectivity index (χ3v) is 12.1. The van der Waals surface area contributed by atoms with Crippen LogP contribution >= 0.6 is 11.6 Å². The van der Waals surface area contributed by atoms with Crippen LogP contribution < -0.4 is 11.1 Å². The van der Waals surface area contributed by atoms with Gasteiger partial charge in [0.1, 0.15) is 5.82 Å². The second kappa shape index (κ2) is 14.1. The number of sulfonamides is 1. The van der Waals surface area contributed by atoms with E-state index in [1.807, 2.05) is 31.3 Å². The zero-order valence-corrected chi connectivity index (χ0v) is 27.5. The summed E-state index contributed by atoms with van der Waals surface area (Å²) >= 11 is 6.19. The van der Waals surface area contributed by atoms with Gasteiger partial charge in [-0.1, -0.05) is 43.6 Å². The van der Waals surface area contributed by atoms with Crippen LogP contribution in [0, 0.1) is 17.7 Å². The summed E-state index contributed by atoms with van der Waals surface area (Å²) in [4.78, 5) is 16.0. The molecule has 7 unspecified atom stereocenters. The maximum absolute atomic E-state index is 15.3. The largest absolute Gasteiger partial charge is 0.378 e. The number of ether oxygens (including phenoxy) is 1. The summed E-state index contributed by atoms with van der Waals surface area (Å²) in [7, 11) is -1.34. The molecule has 3 saturated heterocycles. The number of nitrogens with zero attached hydrogens (tertiary/aromatic N) is 2. The van der Waals surface area contributed by atoms with E-state index in [4.69, 9.17) is 22.1 Å². The number of nitrogens with one attached hydrogen (secondary N) is 1. The van der Waals surface area contributed by atoms with Crippen LogP contribution in [-0.4, -0.2) is 80.3 Å². The van der Waals surface area contributed by atoms with E-state index < -0.39 is 21.9 Å². The number of amides is 1. The Bertz CT molecular complexity index is 1410. The van der Waals surface area contributed by atoms with Gasteiger partial charge in [-0.2, -0.15) is 4.31 Å². The molecule has 3 aliphatic heterocycles. The van der Waals surface area contributed by atoms with Crippen molar-refractivity contribution in [3.63, 3.8) is 0 Å². The van der Waals surface area contributed by atoms with Crippen molar-refractivity contribution in [1.82, 2.24) is 9.21 Å². The maximum atomic E-state index is 15.3. The van der Waals surface area contributed by atoms with E-state index in [2.05, 4.69) is 24.1 Å². The molecule has 8 nitrogen and oxygen atoms in total. The number of hydrogen-bond acceptors (Lipinski definition) is 6. The smallest absolute Gasteiger partial charge is 0.241 e. The number of piperazine rings is 1. The van der Waals surface area contributed by atoms with Gasteiger partial charge in [0.05, 0.1) is 17.9 Å². The van der Waals surface area contributed by atoms with Crippen molar-refractivity contribution in [2.75, 3.05) is 37.8 Å².